The normalized spacial score (nSPS) is 10.6. The van der Waals surface area contributed by atoms with Gasteiger partial charge in [0.2, 0.25) is 0 Å². The number of carboxylic acids is 1. The first-order valence-corrected chi connectivity index (χ1v) is 9.07. The Balaban J connectivity index is 1.85. The molecule has 0 bridgehead atoms. The molecule has 2 N–H and O–H groups in total. The van der Waals surface area contributed by atoms with Crippen molar-refractivity contribution in [3.8, 4) is 16.3 Å². The smallest absolute Gasteiger partial charge is 0.339 e. The largest absolute Gasteiger partial charge is 0.496 e. The summed E-state index contributed by atoms with van der Waals surface area (Å²) in [5.74, 6) is -1.34. The van der Waals surface area contributed by atoms with Gasteiger partial charge < -0.3 is 15.2 Å². The molecule has 0 aliphatic carbocycles. The minimum atomic E-state index is -1.14. The van der Waals surface area contributed by atoms with Crippen molar-refractivity contribution >= 4 is 44.8 Å². The molecule has 2 heterocycles. The molecular weight excluding hydrogens is 422 g/mol. The summed E-state index contributed by atoms with van der Waals surface area (Å²) < 4.78 is 7.60. The number of anilines is 1. The minimum Gasteiger partial charge on any atom is -0.496 e. The van der Waals surface area contributed by atoms with Crippen LogP contribution in [0.25, 0.3) is 10.6 Å². The SMILES string of the molecule is COc1ccc(NC(=O)c2cc(-c3cc(Br)cs3)n(C)n2)cc1C(=O)O. The summed E-state index contributed by atoms with van der Waals surface area (Å²) in [5.41, 5.74) is 1.36. The molecule has 1 aromatic carbocycles. The van der Waals surface area contributed by atoms with Gasteiger partial charge >= 0.3 is 5.97 Å². The summed E-state index contributed by atoms with van der Waals surface area (Å²) in [6.45, 7) is 0. The van der Waals surface area contributed by atoms with Crippen molar-refractivity contribution in [3.05, 3.63) is 51.4 Å². The van der Waals surface area contributed by atoms with E-state index < -0.39 is 11.9 Å². The molecule has 0 radical (unpaired) electrons. The second kappa shape index (κ2) is 7.30. The second-order valence-electron chi connectivity index (χ2n) is 5.34. The standard InChI is InChI=1S/C17H14BrN3O4S/c1-21-13(15-5-9(18)8-26-15)7-12(20-21)16(22)19-10-3-4-14(25-2)11(6-10)17(23)24/h3-8H,1-2H3,(H,19,22)(H,23,24). The molecule has 0 unspecified atom stereocenters. The lowest BCUT2D eigenvalue weighted by molar-refractivity contribution is 0.0693. The number of aromatic nitrogens is 2. The predicted octanol–water partition coefficient (Wildman–Crippen LogP) is 3.87. The number of halogens is 1. The van der Waals surface area contributed by atoms with Crippen molar-refractivity contribution in [1.29, 1.82) is 0 Å². The Morgan fingerprint density at radius 1 is 1.31 bits per heavy atom. The first kappa shape index (κ1) is 18.2. The number of aromatic carboxylic acids is 1. The molecular formula is C17H14BrN3O4S. The Bertz CT molecular complexity index is 996. The van der Waals surface area contributed by atoms with E-state index in [0.29, 0.717) is 5.69 Å². The van der Waals surface area contributed by atoms with Crippen LogP contribution in [0, 0.1) is 0 Å². The molecule has 0 aliphatic heterocycles. The Labute approximate surface area is 161 Å². The number of rotatable bonds is 5. The number of aryl methyl sites for hydroxylation is 1. The number of nitrogens with one attached hydrogen (secondary N) is 1. The molecule has 0 aliphatic rings. The zero-order valence-corrected chi connectivity index (χ0v) is 16.2. The lowest BCUT2D eigenvalue weighted by atomic mass is 10.1. The van der Waals surface area contributed by atoms with Gasteiger partial charge in [-0.25, -0.2) is 4.79 Å². The number of hydrogen-bond acceptors (Lipinski definition) is 5. The molecule has 0 saturated heterocycles. The highest BCUT2D eigenvalue weighted by Gasteiger charge is 2.17. The number of carbonyl (C=O) groups excluding carboxylic acids is 1. The quantitative estimate of drug-likeness (QED) is 0.634. The van der Waals surface area contributed by atoms with Crippen molar-refractivity contribution in [3.63, 3.8) is 0 Å². The molecule has 3 aromatic rings. The number of thiophene rings is 1. The van der Waals surface area contributed by atoms with Crippen LogP contribution in [-0.4, -0.2) is 33.9 Å². The summed E-state index contributed by atoms with van der Waals surface area (Å²) >= 11 is 4.94. The summed E-state index contributed by atoms with van der Waals surface area (Å²) in [5, 5.41) is 18.1. The molecule has 0 spiro atoms. The van der Waals surface area contributed by atoms with E-state index in [1.54, 1.807) is 23.9 Å². The maximum Gasteiger partial charge on any atom is 0.339 e. The number of carboxylic acid groups (broad SMARTS) is 1. The number of amides is 1. The lowest BCUT2D eigenvalue weighted by Gasteiger charge is -2.08. The van der Waals surface area contributed by atoms with Gasteiger partial charge in [-0.2, -0.15) is 5.10 Å². The molecule has 0 saturated carbocycles. The third kappa shape index (κ3) is 3.63. The number of hydrogen-bond donors (Lipinski definition) is 2. The van der Waals surface area contributed by atoms with Gasteiger partial charge in [0.25, 0.3) is 5.91 Å². The van der Waals surface area contributed by atoms with E-state index >= 15 is 0 Å². The second-order valence-corrected chi connectivity index (χ2v) is 7.17. The van der Waals surface area contributed by atoms with Gasteiger partial charge in [0.05, 0.1) is 17.7 Å². The lowest BCUT2D eigenvalue weighted by Crippen LogP contribution is -2.13. The van der Waals surface area contributed by atoms with Crippen LogP contribution in [0.2, 0.25) is 0 Å². The molecule has 7 nitrogen and oxygen atoms in total. The van der Waals surface area contributed by atoms with Crippen LogP contribution in [0.15, 0.2) is 40.2 Å². The van der Waals surface area contributed by atoms with E-state index in [0.717, 1.165) is 15.0 Å². The fourth-order valence-electron chi connectivity index (χ4n) is 2.40. The summed E-state index contributed by atoms with van der Waals surface area (Å²) in [4.78, 5) is 24.7. The number of nitrogens with zero attached hydrogens (tertiary/aromatic N) is 2. The summed E-state index contributed by atoms with van der Waals surface area (Å²) in [6.07, 6.45) is 0. The average Bonchev–Trinajstić information content (AvgIpc) is 3.20. The third-order valence-corrected chi connectivity index (χ3v) is 5.33. The molecule has 9 heteroatoms. The zero-order valence-electron chi connectivity index (χ0n) is 13.8. The van der Waals surface area contributed by atoms with Gasteiger partial charge in [0.15, 0.2) is 5.69 Å². The Kier molecular flexibility index (Phi) is 5.10. The van der Waals surface area contributed by atoms with E-state index in [-0.39, 0.29) is 17.0 Å². The van der Waals surface area contributed by atoms with E-state index in [1.807, 2.05) is 11.4 Å². The van der Waals surface area contributed by atoms with Crippen LogP contribution in [0.1, 0.15) is 20.8 Å². The van der Waals surface area contributed by atoms with Crippen molar-refractivity contribution in [2.45, 2.75) is 0 Å². The van der Waals surface area contributed by atoms with Gasteiger partial charge in [-0.1, -0.05) is 0 Å². The number of ether oxygens (including phenoxy) is 1. The van der Waals surface area contributed by atoms with Crippen molar-refractivity contribution < 1.29 is 19.4 Å². The molecule has 134 valence electrons. The van der Waals surface area contributed by atoms with Crippen molar-refractivity contribution in [2.75, 3.05) is 12.4 Å². The number of carbonyl (C=O) groups is 2. The molecule has 3 rings (SSSR count). The highest BCUT2D eigenvalue weighted by atomic mass is 79.9. The minimum absolute atomic E-state index is 0.0320. The van der Waals surface area contributed by atoms with E-state index in [2.05, 4.69) is 26.3 Å². The maximum atomic E-state index is 12.5. The predicted molar refractivity (Wildman–Crippen MR) is 102 cm³/mol. The number of benzene rings is 1. The number of methoxy groups -OCH3 is 1. The van der Waals surface area contributed by atoms with Crippen LogP contribution >= 0.6 is 27.3 Å². The van der Waals surface area contributed by atoms with Crippen molar-refractivity contribution in [2.24, 2.45) is 7.05 Å². The van der Waals surface area contributed by atoms with Gasteiger partial charge in [-0.15, -0.1) is 11.3 Å². The zero-order chi connectivity index (χ0) is 18.8. The van der Waals surface area contributed by atoms with Crippen LogP contribution in [0.4, 0.5) is 5.69 Å². The van der Waals surface area contributed by atoms with Crippen LogP contribution in [0.5, 0.6) is 5.75 Å². The summed E-state index contributed by atoms with van der Waals surface area (Å²) in [7, 11) is 3.15. The van der Waals surface area contributed by atoms with E-state index in [1.165, 1.54) is 30.6 Å². The monoisotopic (exact) mass is 435 g/mol. The maximum absolute atomic E-state index is 12.5. The molecule has 0 fully saturated rings. The third-order valence-electron chi connectivity index (χ3n) is 3.62. The van der Waals surface area contributed by atoms with Crippen LogP contribution < -0.4 is 10.1 Å². The Morgan fingerprint density at radius 2 is 2.08 bits per heavy atom. The summed E-state index contributed by atoms with van der Waals surface area (Å²) in [6, 6.07) is 8.05. The highest BCUT2D eigenvalue weighted by Crippen LogP contribution is 2.30. The van der Waals surface area contributed by atoms with Gasteiger partial charge in [-0.05, 0) is 46.3 Å². The Hall–Kier alpha value is -2.65. The molecule has 2 aromatic heterocycles. The Morgan fingerprint density at radius 3 is 2.69 bits per heavy atom. The molecule has 1 amide bonds. The van der Waals surface area contributed by atoms with Crippen LogP contribution in [-0.2, 0) is 7.05 Å². The average molecular weight is 436 g/mol. The fourth-order valence-corrected chi connectivity index (χ4v) is 3.88. The van der Waals surface area contributed by atoms with Crippen LogP contribution in [0.3, 0.4) is 0 Å². The first-order valence-electron chi connectivity index (χ1n) is 7.40. The topological polar surface area (TPSA) is 93.5 Å². The highest BCUT2D eigenvalue weighted by molar-refractivity contribution is 9.10. The molecule has 26 heavy (non-hydrogen) atoms. The van der Waals surface area contributed by atoms with Crippen molar-refractivity contribution in [1.82, 2.24) is 9.78 Å². The van der Waals surface area contributed by atoms with Gasteiger partial charge in [0, 0.05) is 22.6 Å². The first-order chi connectivity index (χ1) is 12.4. The van der Waals surface area contributed by atoms with Gasteiger partial charge in [-0.3, -0.25) is 9.48 Å². The van der Waals surface area contributed by atoms with E-state index in [4.69, 9.17) is 4.74 Å². The van der Waals surface area contributed by atoms with E-state index in [9.17, 15) is 14.7 Å². The fraction of sp³-hybridized carbons (Fsp3) is 0.118. The van der Waals surface area contributed by atoms with Gasteiger partial charge in [0.1, 0.15) is 11.3 Å². The molecule has 0 atom stereocenters.